The van der Waals surface area contributed by atoms with Crippen molar-refractivity contribution in [3.63, 3.8) is 0 Å². The first kappa shape index (κ1) is 26.3. The molecule has 0 saturated heterocycles. The number of aryl methyl sites for hydroxylation is 1. The average molecular weight is 530 g/mol. The molecule has 0 amide bonds. The third-order valence-corrected chi connectivity index (χ3v) is 6.43. The van der Waals surface area contributed by atoms with Gasteiger partial charge < -0.3 is 4.90 Å². The molecule has 1 unspecified atom stereocenters. The third-order valence-electron chi connectivity index (χ3n) is 6.43. The van der Waals surface area contributed by atoms with Crippen molar-refractivity contribution in [2.45, 2.75) is 25.4 Å². The van der Waals surface area contributed by atoms with Crippen LogP contribution in [0.1, 0.15) is 29.0 Å². The number of hydrogen-bond donors (Lipinski definition) is 0. The minimum absolute atomic E-state index is 0.0673. The quantitative estimate of drug-likeness (QED) is 0.328. The summed E-state index contributed by atoms with van der Waals surface area (Å²) in [5.41, 5.74) is 2.98. The zero-order valence-electron chi connectivity index (χ0n) is 21.8. The van der Waals surface area contributed by atoms with Gasteiger partial charge in [-0.1, -0.05) is 18.2 Å². The normalized spacial score (nSPS) is 15.1. The van der Waals surface area contributed by atoms with Gasteiger partial charge in [0.2, 0.25) is 0 Å². The van der Waals surface area contributed by atoms with Crippen molar-refractivity contribution in [1.29, 1.82) is 0 Å². The monoisotopic (exact) mass is 529 g/mol. The molecule has 2 aromatic carbocycles. The molecule has 200 valence electrons. The molecule has 1 atom stereocenters. The zero-order chi connectivity index (χ0) is 27.4. The lowest BCUT2D eigenvalue weighted by molar-refractivity contribution is 0.380. The Hall–Kier alpha value is -4.31. The van der Waals surface area contributed by atoms with Crippen LogP contribution in [0.15, 0.2) is 81.8 Å². The van der Waals surface area contributed by atoms with Crippen molar-refractivity contribution >= 4 is 12.1 Å². The first-order valence-electron chi connectivity index (χ1n) is 12.7. The Bertz CT molecular complexity index is 1570. The molecule has 8 nitrogen and oxygen atoms in total. The van der Waals surface area contributed by atoms with Crippen LogP contribution in [0, 0.1) is 11.6 Å². The smallest absolute Gasteiger partial charge is 0.267 e. The van der Waals surface area contributed by atoms with E-state index < -0.39 is 11.6 Å². The lowest BCUT2D eigenvalue weighted by Crippen LogP contribution is -2.23. The number of halogens is 2. The summed E-state index contributed by atoms with van der Waals surface area (Å²) < 4.78 is 30.6. The van der Waals surface area contributed by atoms with Gasteiger partial charge in [0.05, 0.1) is 25.0 Å². The highest BCUT2D eigenvalue weighted by molar-refractivity contribution is 6.05. The van der Waals surface area contributed by atoms with Crippen molar-refractivity contribution in [1.82, 2.24) is 24.5 Å². The molecule has 0 spiro atoms. The fourth-order valence-corrected chi connectivity index (χ4v) is 4.43. The van der Waals surface area contributed by atoms with Crippen molar-refractivity contribution in [3.05, 3.63) is 106 Å². The Morgan fingerprint density at radius 3 is 2.59 bits per heavy atom. The second kappa shape index (κ2) is 11.6. The fourth-order valence-electron chi connectivity index (χ4n) is 4.43. The summed E-state index contributed by atoms with van der Waals surface area (Å²) in [4.78, 5) is 24.0. The molecule has 3 heterocycles. The van der Waals surface area contributed by atoms with Gasteiger partial charge in [-0.05, 0) is 56.9 Å². The number of benzene rings is 2. The summed E-state index contributed by atoms with van der Waals surface area (Å²) in [6, 6.07) is 13.6. The minimum Gasteiger partial charge on any atom is -0.309 e. The summed E-state index contributed by atoms with van der Waals surface area (Å²) in [6.45, 7) is 2.63. The molecule has 0 fully saturated rings. The summed E-state index contributed by atoms with van der Waals surface area (Å²) in [5.74, 6) is -0.724. The summed E-state index contributed by atoms with van der Waals surface area (Å²) >= 11 is 0. The molecule has 4 aromatic rings. The number of hydrogen-bond acceptors (Lipinski definition) is 6. The van der Waals surface area contributed by atoms with Crippen LogP contribution in [0.4, 0.5) is 8.78 Å². The lowest BCUT2D eigenvalue weighted by Gasteiger charge is -2.14. The first-order chi connectivity index (χ1) is 18.8. The Morgan fingerprint density at radius 1 is 1.03 bits per heavy atom. The molecule has 0 aliphatic carbocycles. The molecule has 0 saturated carbocycles. The van der Waals surface area contributed by atoms with Gasteiger partial charge in [-0.2, -0.15) is 10.2 Å². The predicted molar refractivity (Wildman–Crippen MR) is 147 cm³/mol. The van der Waals surface area contributed by atoms with E-state index >= 15 is 0 Å². The molecule has 39 heavy (non-hydrogen) atoms. The second-order valence-corrected chi connectivity index (χ2v) is 9.82. The van der Waals surface area contributed by atoms with Gasteiger partial charge in [-0.15, -0.1) is 0 Å². The van der Waals surface area contributed by atoms with Gasteiger partial charge >= 0.3 is 0 Å². The molecule has 10 heteroatoms. The molecule has 5 rings (SSSR count). The molecular formula is C29H29F2N7O. The molecule has 0 N–H and O–H groups in total. The topological polar surface area (TPSA) is 80.7 Å². The minimum atomic E-state index is -0.706. The van der Waals surface area contributed by atoms with Crippen molar-refractivity contribution in [3.8, 4) is 11.3 Å². The van der Waals surface area contributed by atoms with Gasteiger partial charge in [-0.3, -0.25) is 14.5 Å². The van der Waals surface area contributed by atoms with E-state index in [1.807, 2.05) is 41.4 Å². The standard InChI is InChI=1S/C29H29F2N7O/c1-36(2)9-4-10-37-19-24(17-34-37)23-15-32-29(33-16-23)21-6-3-5-20(11-21)18-38-28(39)8-7-27(35-38)22-12-25(30)14-26(31)13-22/h3,5-8,11-15,17,19,23H,4,9-10,16,18H2,1-2H3. The van der Waals surface area contributed by atoms with Crippen LogP contribution in [-0.4, -0.2) is 63.7 Å². The van der Waals surface area contributed by atoms with E-state index in [1.165, 1.54) is 28.9 Å². The SMILES string of the molecule is CN(C)CCCn1cc(C2C=NC(c3cccc(Cn4nc(-c5cc(F)cc(F)c5)ccc4=O)c3)=NC2)cn1. The van der Waals surface area contributed by atoms with Gasteiger partial charge in [-0.25, -0.2) is 18.5 Å². The van der Waals surface area contributed by atoms with Crippen LogP contribution in [0.2, 0.25) is 0 Å². The number of amidine groups is 1. The van der Waals surface area contributed by atoms with Crippen LogP contribution in [-0.2, 0) is 13.1 Å². The first-order valence-corrected chi connectivity index (χ1v) is 12.7. The number of rotatable bonds is 9. The maximum Gasteiger partial charge on any atom is 0.267 e. The maximum atomic E-state index is 13.7. The number of aliphatic imine (C=N–C) groups is 2. The van der Waals surface area contributed by atoms with E-state index in [4.69, 9.17) is 4.99 Å². The Morgan fingerprint density at radius 2 is 1.85 bits per heavy atom. The summed E-state index contributed by atoms with van der Waals surface area (Å²) in [5, 5.41) is 8.81. The van der Waals surface area contributed by atoms with E-state index in [-0.39, 0.29) is 23.6 Å². The van der Waals surface area contributed by atoms with Crippen molar-refractivity contribution in [2.75, 3.05) is 27.2 Å². The predicted octanol–water partition coefficient (Wildman–Crippen LogP) is 4.00. The van der Waals surface area contributed by atoms with Crippen molar-refractivity contribution < 1.29 is 8.78 Å². The Labute approximate surface area is 225 Å². The second-order valence-electron chi connectivity index (χ2n) is 9.82. The lowest BCUT2D eigenvalue weighted by atomic mass is 10.0. The van der Waals surface area contributed by atoms with E-state index in [2.05, 4.69) is 40.4 Å². The molecule has 2 aromatic heterocycles. The van der Waals surface area contributed by atoms with E-state index in [9.17, 15) is 13.6 Å². The largest absolute Gasteiger partial charge is 0.309 e. The van der Waals surface area contributed by atoms with Crippen molar-refractivity contribution in [2.24, 2.45) is 9.98 Å². The van der Waals surface area contributed by atoms with Gasteiger partial charge in [0.1, 0.15) is 11.6 Å². The van der Waals surface area contributed by atoms with Gasteiger partial charge in [0.15, 0.2) is 5.84 Å². The van der Waals surface area contributed by atoms with Crippen LogP contribution in [0.5, 0.6) is 0 Å². The number of nitrogens with zero attached hydrogens (tertiary/aromatic N) is 7. The highest BCUT2D eigenvalue weighted by Crippen LogP contribution is 2.20. The highest BCUT2D eigenvalue weighted by Gasteiger charge is 2.17. The number of aromatic nitrogens is 4. The van der Waals surface area contributed by atoms with Crippen LogP contribution >= 0.6 is 0 Å². The van der Waals surface area contributed by atoms with Crippen LogP contribution < -0.4 is 5.56 Å². The summed E-state index contributed by atoms with van der Waals surface area (Å²) in [7, 11) is 4.12. The fraction of sp³-hybridized carbons (Fsp3) is 0.276. The zero-order valence-corrected chi connectivity index (χ0v) is 21.8. The molecule has 0 radical (unpaired) electrons. The van der Waals surface area contributed by atoms with Crippen LogP contribution in [0.3, 0.4) is 0 Å². The van der Waals surface area contributed by atoms with Crippen LogP contribution in [0.25, 0.3) is 11.3 Å². The Balaban J connectivity index is 1.27. The average Bonchev–Trinajstić information content (AvgIpc) is 3.38. The van der Waals surface area contributed by atoms with E-state index in [0.29, 0.717) is 18.1 Å². The van der Waals surface area contributed by atoms with E-state index in [0.717, 1.165) is 42.3 Å². The molecule has 1 aliphatic heterocycles. The molecule has 0 bridgehead atoms. The van der Waals surface area contributed by atoms with Gasteiger partial charge in [0, 0.05) is 53.7 Å². The highest BCUT2D eigenvalue weighted by atomic mass is 19.1. The molecular weight excluding hydrogens is 500 g/mol. The third kappa shape index (κ3) is 6.58. The van der Waals surface area contributed by atoms with E-state index in [1.54, 1.807) is 0 Å². The molecule has 1 aliphatic rings. The van der Waals surface area contributed by atoms with Gasteiger partial charge in [0.25, 0.3) is 5.56 Å². The summed E-state index contributed by atoms with van der Waals surface area (Å²) in [6.07, 6.45) is 6.87. The maximum absolute atomic E-state index is 13.7. The Kier molecular flexibility index (Phi) is 7.83.